The number of nitrogens with zero attached hydrogens (tertiary/aromatic N) is 4. The van der Waals surface area contributed by atoms with Crippen LogP contribution in [-0.4, -0.2) is 145 Å². The number of urea groups is 2. The molecule has 0 aromatic rings. The van der Waals surface area contributed by atoms with Gasteiger partial charge in [-0.3, -0.25) is 29.5 Å². The summed E-state index contributed by atoms with van der Waals surface area (Å²) >= 11 is 0. The summed E-state index contributed by atoms with van der Waals surface area (Å²) in [5.41, 5.74) is 11.1. The zero-order valence-corrected chi connectivity index (χ0v) is 26.9. The molecule has 24 heteroatoms. The van der Waals surface area contributed by atoms with E-state index in [0.717, 1.165) is 45.4 Å². The highest BCUT2D eigenvalue weighted by Crippen LogP contribution is 2.31. The number of nitrogens with one attached hydrogen (secondary N) is 6. The molecule has 0 spiro atoms. The zero-order chi connectivity index (χ0) is 33.9. The molecule has 6 amide bonds. The summed E-state index contributed by atoms with van der Waals surface area (Å²) in [6.07, 6.45) is 4.44. The van der Waals surface area contributed by atoms with E-state index in [1.807, 2.05) is 0 Å². The third-order valence-electron chi connectivity index (χ3n) is 8.76. The van der Waals surface area contributed by atoms with Crippen LogP contribution in [0.5, 0.6) is 0 Å². The van der Waals surface area contributed by atoms with Crippen LogP contribution in [0.15, 0.2) is 0 Å². The van der Waals surface area contributed by atoms with Gasteiger partial charge in [-0.05, 0) is 58.0 Å². The maximum Gasteiger partial charge on any atom is 0.418 e. The van der Waals surface area contributed by atoms with Gasteiger partial charge in [0.15, 0.2) is 0 Å². The Hall–Kier alpha value is -2.94. The third kappa shape index (κ3) is 8.95. The molecule has 0 radical (unpaired) electrons. The van der Waals surface area contributed by atoms with Gasteiger partial charge in [0.05, 0.1) is 12.1 Å². The standard InChI is InChI=1S/C12H21N5O6S.C11H19N5O6S/c18-11(15-14-8-2-1-5-13-6-8)10-4-3-9-7-16(10)12(19)17(9)23-24(20,21)22;17-10(14-13-7-3-4-12-5-7)9-2-1-8-6-15(9)11(18)16(8)22-23(19,20)21/h8-10,13-14H,1-7H2,(H,15,18)(H,20,21,22);7-9,12-13H,1-6H2,(H,14,17)(H,19,20,21)/t8?,9-,10+;7?,8-,9+/m11/s1. The molecule has 6 heterocycles. The fourth-order valence-electron chi connectivity index (χ4n) is 6.47. The lowest BCUT2D eigenvalue weighted by Gasteiger charge is -2.30. The van der Waals surface area contributed by atoms with E-state index < -0.39 is 57.0 Å². The van der Waals surface area contributed by atoms with Gasteiger partial charge >= 0.3 is 32.9 Å². The molecule has 4 bridgehead atoms. The summed E-state index contributed by atoms with van der Waals surface area (Å²) in [7, 11) is -9.56. The average Bonchev–Trinajstić information content (AvgIpc) is 3.69. The van der Waals surface area contributed by atoms with Crippen LogP contribution in [0.4, 0.5) is 9.59 Å². The molecule has 6 rings (SSSR count). The van der Waals surface area contributed by atoms with Gasteiger partial charge < -0.3 is 20.4 Å². The summed E-state index contributed by atoms with van der Waals surface area (Å²) < 4.78 is 69.4. The number of rotatable bonds is 10. The second-order valence-electron chi connectivity index (χ2n) is 12.0. The SMILES string of the molecule is O=C(NNC1CCCNC1)[C@@H]1CC[C@@H]2CN1C(=O)N2OS(=O)(=O)O.O=C(NNC1CCNC1)[C@@H]1CC[C@@H]2CN1C(=O)N2OS(=O)(=O)O. The number of carbonyl (C=O) groups is 4. The average molecular weight is 713 g/mol. The van der Waals surface area contributed by atoms with Crippen LogP contribution < -0.4 is 32.3 Å². The molecule has 6 saturated heterocycles. The van der Waals surface area contributed by atoms with E-state index in [-0.39, 0.29) is 37.0 Å². The molecule has 266 valence electrons. The topological polar surface area (TPSA) is 281 Å². The molecule has 6 atom stereocenters. The second-order valence-corrected chi connectivity index (χ2v) is 14.0. The fourth-order valence-corrected chi connectivity index (χ4v) is 7.25. The van der Waals surface area contributed by atoms with Crippen molar-refractivity contribution < 1.29 is 53.7 Å². The molecule has 0 aliphatic carbocycles. The predicted molar refractivity (Wildman–Crippen MR) is 156 cm³/mol. The number of hydrogen-bond donors (Lipinski definition) is 8. The lowest BCUT2D eigenvalue weighted by atomic mass is 10.0. The first kappa shape index (κ1) is 35.4. The van der Waals surface area contributed by atoms with Crippen LogP contribution in [0, 0.1) is 0 Å². The molecule has 8 N–H and O–H groups in total. The second kappa shape index (κ2) is 14.7. The Bertz CT molecular complexity index is 1410. The number of hydrogen-bond acceptors (Lipinski definition) is 14. The van der Waals surface area contributed by atoms with Crippen molar-refractivity contribution >= 4 is 44.7 Å². The monoisotopic (exact) mass is 712 g/mol. The van der Waals surface area contributed by atoms with Crippen molar-refractivity contribution in [2.24, 2.45) is 0 Å². The van der Waals surface area contributed by atoms with E-state index in [1.54, 1.807) is 0 Å². The van der Waals surface area contributed by atoms with E-state index >= 15 is 0 Å². The lowest BCUT2D eigenvalue weighted by molar-refractivity contribution is -0.128. The van der Waals surface area contributed by atoms with Crippen LogP contribution >= 0.6 is 0 Å². The zero-order valence-electron chi connectivity index (χ0n) is 25.2. The number of fused-ring (bicyclic) bond motifs is 4. The summed E-state index contributed by atoms with van der Waals surface area (Å²) in [6, 6.07) is -3.61. The first-order valence-corrected chi connectivity index (χ1v) is 18.0. The van der Waals surface area contributed by atoms with Gasteiger partial charge in [0, 0.05) is 38.3 Å². The molecule has 0 saturated carbocycles. The Labute approximate surface area is 270 Å². The number of hydroxylamine groups is 4. The van der Waals surface area contributed by atoms with Gasteiger partial charge in [0.1, 0.15) is 12.1 Å². The smallest absolute Gasteiger partial charge is 0.315 e. The molecule has 6 fully saturated rings. The molecular weight excluding hydrogens is 672 g/mol. The molecule has 2 unspecified atom stereocenters. The Balaban J connectivity index is 0.000000185. The minimum atomic E-state index is -4.78. The molecule has 6 aliphatic rings. The summed E-state index contributed by atoms with van der Waals surface area (Å²) in [6.45, 7) is 3.71. The maximum atomic E-state index is 12.4. The van der Waals surface area contributed by atoms with E-state index in [9.17, 15) is 36.0 Å². The van der Waals surface area contributed by atoms with Crippen LogP contribution in [0.25, 0.3) is 0 Å². The number of hydrazine groups is 2. The predicted octanol–water partition coefficient (Wildman–Crippen LogP) is -3.67. The van der Waals surface area contributed by atoms with Gasteiger partial charge in [-0.15, -0.1) is 8.57 Å². The van der Waals surface area contributed by atoms with Crippen molar-refractivity contribution in [1.82, 2.24) is 52.3 Å². The first-order chi connectivity index (χ1) is 22.2. The van der Waals surface area contributed by atoms with Crippen LogP contribution in [0.3, 0.4) is 0 Å². The largest absolute Gasteiger partial charge is 0.418 e. The van der Waals surface area contributed by atoms with Crippen LogP contribution in [0.2, 0.25) is 0 Å². The number of amides is 6. The van der Waals surface area contributed by atoms with Gasteiger partial charge in [-0.1, -0.05) is 0 Å². The quantitative estimate of drug-likeness (QED) is 0.0800. The highest BCUT2D eigenvalue weighted by Gasteiger charge is 2.50. The molecule has 0 aromatic carbocycles. The maximum absolute atomic E-state index is 12.4. The highest BCUT2D eigenvalue weighted by atomic mass is 32.3. The van der Waals surface area contributed by atoms with Crippen molar-refractivity contribution in [2.75, 3.05) is 39.3 Å². The Morgan fingerprint density at radius 1 is 0.681 bits per heavy atom. The van der Waals surface area contributed by atoms with Gasteiger partial charge in [0.2, 0.25) is 0 Å². The van der Waals surface area contributed by atoms with Crippen LogP contribution in [0.1, 0.15) is 44.9 Å². The normalized spacial score (nSPS) is 30.7. The van der Waals surface area contributed by atoms with E-state index in [4.69, 9.17) is 9.11 Å². The summed E-state index contributed by atoms with van der Waals surface area (Å²) in [4.78, 5) is 51.5. The van der Waals surface area contributed by atoms with E-state index in [1.165, 1.54) is 9.80 Å². The summed E-state index contributed by atoms with van der Waals surface area (Å²) in [5, 5.41) is 7.62. The molecule has 47 heavy (non-hydrogen) atoms. The van der Waals surface area contributed by atoms with Crippen molar-refractivity contribution in [1.29, 1.82) is 0 Å². The Morgan fingerprint density at radius 3 is 1.53 bits per heavy atom. The van der Waals surface area contributed by atoms with Gasteiger partial charge in [0.25, 0.3) is 11.8 Å². The van der Waals surface area contributed by atoms with Crippen molar-refractivity contribution in [3.8, 4) is 0 Å². The summed E-state index contributed by atoms with van der Waals surface area (Å²) in [5.74, 6) is -0.696. The number of carbonyl (C=O) groups excluding carboxylic acids is 4. The highest BCUT2D eigenvalue weighted by molar-refractivity contribution is 7.81. The van der Waals surface area contributed by atoms with Crippen molar-refractivity contribution in [2.45, 2.75) is 81.2 Å². The Morgan fingerprint density at radius 2 is 1.13 bits per heavy atom. The molecule has 22 nitrogen and oxygen atoms in total. The van der Waals surface area contributed by atoms with Crippen molar-refractivity contribution in [3.05, 3.63) is 0 Å². The molecule has 6 aliphatic heterocycles. The van der Waals surface area contributed by atoms with E-state index in [2.05, 4.69) is 40.9 Å². The number of piperidine rings is 3. The van der Waals surface area contributed by atoms with Crippen molar-refractivity contribution in [3.63, 3.8) is 0 Å². The fraction of sp³-hybridized carbons (Fsp3) is 0.826. The first-order valence-electron chi connectivity index (χ1n) is 15.3. The van der Waals surface area contributed by atoms with Gasteiger partial charge in [-0.25, -0.2) is 20.4 Å². The molecular formula is C23H40N10O12S2. The third-order valence-corrected chi connectivity index (χ3v) is 9.45. The Kier molecular flexibility index (Phi) is 11.0. The minimum absolute atomic E-state index is 0.132. The minimum Gasteiger partial charge on any atom is -0.315 e. The lowest BCUT2D eigenvalue weighted by Crippen LogP contribution is -2.57. The van der Waals surface area contributed by atoms with Gasteiger partial charge in [-0.2, -0.15) is 27.0 Å². The molecule has 0 aromatic heterocycles. The van der Waals surface area contributed by atoms with E-state index in [0.29, 0.717) is 35.8 Å². The van der Waals surface area contributed by atoms with Crippen LogP contribution in [-0.2, 0) is 39.0 Å².